The minimum absolute atomic E-state index is 0.332. The van der Waals surface area contributed by atoms with Crippen molar-refractivity contribution in [3.63, 3.8) is 0 Å². The summed E-state index contributed by atoms with van der Waals surface area (Å²) in [7, 11) is 5.86. The number of aromatic nitrogens is 3. The molecule has 3 aromatic heterocycles. The van der Waals surface area contributed by atoms with E-state index in [1.165, 1.54) is 22.3 Å². The maximum atomic E-state index is 8.56. The summed E-state index contributed by atoms with van der Waals surface area (Å²) in [6.45, 7) is 25.3. The van der Waals surface area contributed by atoms with Gasteiger partial charge in [-0.2, -0.15) is 0 Å². The lowest BCUT2D eigenvalue weighted by atomic mass is 9.87. The van der Waals surface area contributed by atoms with Gasteiger partial charge < -0.3 is 0 Å². The van der Waals surface area contributed by atoms with E-state index in [9.17, 15) is 0 Å². The molecule has 0 aliphatic carbocycles. The molecule has 3 aromatic carbocycles. The van der Waals surface area contributed by atoms with Crippen LogP contribution in [0.15, 0.2) is 110 Å². The summed E-state index contributed by atoms with van der Waals surface area (Å²) in [4.78, 5) is 0. The average Bonchev–Trinajstić information content (AvgIpc) is 3.21. The van der Waals surface area contributed by atoms with Crippen LogP contribution in [-0.4, -0.2) is 0 Å². The van der Waals surface area contributed by atoms with E-state index in [4.69, 9.17) is 12.3 Å². The van der Waals surface area contributed by atoms with Crippen LogP contribution in [0.5, 0.6) is 0 Å². The highest BCUT2D eigenvalue weighted by atomic mass is 14.9. The summed E-state index contributed by atoms with van der Waals surface area (Å²) in [5.41, 5.74) is 12.8. The molecule has 6 rings (SSSR count). The highest BCUT2D eigenvalue weighted by Crippen LogP contribution is 2.28. The lowest BCUT2D eigenvalue weighted by Crippen LogP contribution is -2.32. The van der Waals surface area contributed by atoms with E-state index in [1.54, 1.807) is 12.1 Å². The predicted molar refractivity (Wildman–Crippen MR) is 257 cm³/mol. The summed E-state index contributed by atoms with van der Waals surface area (Å²) >= 11 is 0. The van der Waals surface area contributed by atoms with Crippen molar-refractivity contribution in [3.8, 4) is 33.8 Å². The van der Waals surface area contributed by atoms with Crippen molar-refractivity contribution in [2.75, 3.05) is 0 Å². The Bertz CT molecular complexity index is 2780. The molecule has 0 fully saturated rings. The lowest BCUT2D eigenvalue weighted by Gasteiger charge is -2.19. The van der Waals surface area contributed by atoms with Crippen molar-refractivity contribution in [1.82, 2.24) is 0 Å². The van der Waals surface area contributed by atoms with E-state index in [1.807, 2.05) is 185 Å². The number of pyridine rings is 3. The van der Waals surface area contributed by atoms with E-state index in [0.29, 0.717) is 11.1 Å². The van der Waals surface area contributed by atoms with Gasteiger partial charge in [0.05, 0.1) is 0 Å². The molecule has 0 atom stereocenters. The Morgan fingerprint density at radius 3 is 1.25 bits per heavy atom. The maximum Gasteiger partial charge on any atom is 0.212 e. The van der Waals surface area contributed by atoms with E-state index >= 15 is 0 Å². The van der Waals surface area contributed by atoms with Crippen LogP contribution < -0.4 is 13.7 Å². The van der Waals surface area contributed by atoms with Crippen LogP contribution in [0.2, 0.25) is 0 Å². The highest BCUT2D eigenvalue weighted by molar-refractivity contribution is 5.63. The summed E-state index contributed by atoms with van der Waals surface area (Å²) < 4.78 is 79.6. The number of hydrogen-bond donors (Lipinski definition) is 0. The molecule has 0 spiro atoms. The van der Waals surface area contributed by atoms with Crippen LogP contribution in [-0.2, 0) is 40.3 Å². The number of rotatable bonds is 6. The molecule has 3 nitrogen and oxygen atoms in total. The number of hydrogen-bond acceptors (Lipinski definition) is 0. The van der Waals surface area contributed by atoms with E-state index in [2.05, 4.69) is 44.2 Å². The van der Waals surface area contributed by atoms with Crippen LogP contribution in [0.3, 0.4) is 0 Å². The maximum absolute atomic E-state index is 8.56. The third-order valence-electron chi connectivity index (χ3n) is 9.98. The summed E-state index contributed by atoms with van der Waals surface area (Å²) in [6, 6.07) is 29.8. The molecular weight excluding hydrogens is 727 g/mol. The molecule has 6 aromatic rings. The molecule has 0 aliphatic heterocycles. The van der Waals surface area contributed by atoms with Gasteiger partial charge in [-0.15, -0.1) is 0 Å². The van der Waals surface area contributed by atoms with Gasteiger partial charge in [0.1, 0.15) is 21.1 Å². The Balaban J connectivity index is 0.000000227. The third-order valence-corrected chi connectivity index (χ3v) is 9.98. The molecule has 0 aliphatic rings. The first-order chi connectivity index (χ1) is 31.4. The van der Waals surface area contributed by atoms with E-state index < -0.39 is 42.2 Å². The summed E-state index contributed by atoms with van der Waals surface area (Å²) in [5.74, 6) is 0. The topological polar surface area (TPSA) is 11.6 Å². The minimum Gasteiger partial charge on any atom is -0.201 e. The first kappa shape index (κ1) is 35.8. The molecule has 0 bridgehead atoms. The van der Waals surface area contributed by atoms with Crippen LogP contribution in [0.1, 0.15) is 125 Å². The Kier molecular flexibility index (Phi) is 11.7. The molecule has 0 radical (unpaired) electrons. The van der Waals surface area contributed by atoms with Crippen molar-refractivity contribution in [2.45, 2.75) is 123 Å². The fraction of sp³-hybridized carbons (Fsp3) is 0.421. The van der Waals surface area contributed by atoms with Gasteiger partial charge in [0.25, 0.3) is 0 Å². The SMILES string of the molecule is [2H]C([2H])([2H])c1ccc(-c2cc(C)c(C([2H])([2H])C(C)(C)C)c[n+]2C)c(C)c1.[2H]C([2H])(c1c[n+](C)c(-c2ccccc2C)cc1C)C(C)(C)C.[2H]C([2H])(c1ccc(-c2ccccc2C)[n+](C)c1)C(C)(C)C. The fourth-order valence-corrected chi connectivity index (χ4v) is 7.17. The van der Waals surface area contributed by atoms with Crippen LogP contribution in [0.4, 0.5) is 0 Å². The van der Waals surface area contributed by atoms with Gasteiger partial charge in [0.2, 0.25) is 17.1 Å². The first-order valence-electron chi connectivity index (χ1n) is 25.6. The summed E-state index contributed by atoms with van der Waals surface area (Å²) in [6.07, 6.45) is 1.50. The molecule has 318 valence electrons. The van der Waals surface area contributed by atoms with Crippen molar-refractivity contribution in [2.24, 2.45) is 37.4 Å². The average molecular weight is 814 g/mol. The zero-order chi connectivity index (χ0) is 52.6. The fourth-order valence-electron chi connectivity index (χ4n) is 7.17. The zero-order valence-corrected chi connectivity index (χ0v) is 39.7. The van der Waals surface area contributed by atoms with Crippen LogP contribution >= 0.6 is 0 Å². The van der Waals surface area contributed by atoms with Crippen LogP contribution in [0, 0.1) is 57.7 Å². The van der Waals surface area contributed by atoms with Gasteiger partial charge in [-0.1, -0.05) is 116 Å². The van der Waals surface area contributed by atoms with Crippen LogP contribution in [0.25, 0.3) is 33.8 Å². The van der Waals surface area contributed by atoms with E-state index in [-0.39, 0.29) is 0 Å². The number of aryl methyl sites for hydroxylation is 9. The Morgan fingerprint density at radius 2 is 0.850 bits per heavy atom. The molecule has 0 saturated carbocycles. The van der Waals surface area contributed by atoms with Crippen molar-refractivity contribution >= 4 is 0 Å². The second kappa shape index (κ2) is 19.7. The Labute approximate surface area is 378 Å². The second-order valence-electron chi connectivity index (χ2n) is 19.4. The second-order valence-corrected chi connectivity index (χ2v) is 19.4. The zero-order valence-electron chi connectivity index (χ0n) is 48.7. The van der Waals surface area contributed by atoms with Crippen molar-refractivity contribution in [3.05, 3.63) is 160 Å². The standard InChI is InChI=1S/C20H28N.C19H26N.C18H24N/c1-14-8-9-18(16(3)10-14)19-11-15(2)17(13-21(19)7)12-20(4,5)6;1-14-9-7-8-10-17(14)18-11-15(2)16(13-20(18)6)12-19(3,4)5;1-14-8-6-7-9-16(14)17-11-10-15(13-19(17)5)12-18(2,3)4/h8-11,13H,12H2,1-7H3;7-11,13H,12H2,1-6H3;6-11,13H,12H2,1-5H3/q3*+1/i1D3,12D2;2*12D2. The van der Waals surface area contributed by atoms with Gasteiger partial charge in [0, 0.05) is 63.9 Å². The normalized spacial score (nSPS) is 14.8. The molecule has 0 unspecified atom stereocenters. The molecule has 3 heterocycles. The molecule has 0 saturated heterocycles. The monoisotopic (exact) mass is 814 g/mol. The van der Waals surface area contributed by atoms with Gasteiger partial charge >= 0.3 is 0 Å². The van der Waals surface area contributed by atoms with Crippen molar-refractivity contribution < 1.29 is 26.0 Å². The van der Waals surface area contributed by atoms with Crippen molar-refractivity contribution in [1.29, 1.82) is 0 Å². The number of nitrogens with zero attached hydrogens (tertiary/aromatic N) is 3. The van der Waals surface area contributed by atoms with E-state index in [0.717, 1.165) is 50.5 Å². The minimum atomic E-state index is -2.12. The molecule has 0 amide bonds. The molecule has 60 heavy (non-hydrogen) atoms. The predicted octanol–water partition coefficient (Wildman–Crippen LogP) is 13.2. The smallest absolute Gasteiger partial charge is 0.201 e. The van der Waals surface area contributed by atoms with Gasteiger partial charge in [-0.25, -0.2) is 13.7 Å². The summed E-state index contributed by atoms with van der Waals surface area (Å²) in [5, 5.41) is 0. The molecule has 0 N–H and O–H groups in total. The molecule has 3 heteroatoms. The first-order valence-corrected chi connectivity index (χ1v) is 21.1. The third kappa shape index (κ3) is 13.8. The largest absolute Gasteiger partial charge is 0.212 e. The highest BCUT2D eigenvalue weighted by Gasteiger charge is 2.22. The molecular formula is C57H78N3+3. The van der Waals surface area contributed by atoms with Gasteiger partial charge in [0.15, 0.2) is 18.6 Å². The van der Waals surface area contributed by atoms with Gasteiger partial charge in [-0.3, -0.25) is 0 Å². The Hall–Kier alpha value is -4.89. The Morgan fingerprint density at radius 1 is 0.433 bits per heavy atom. The van der Waals surface area contributed by atoms with Gasteiger partial charge in [-0.05, 0) is 129 Å². The number of benzene rings is 3. The lowest BCUT2D eigenvalue weighted by molar-refractivity contribution is -0.661. The quantitative estimate of drug-likeness (QED) is 0.148.